The Bertz CT molecular complexity index is 1090. The zero-order valence-corrected chi connectivity index (χ0v) is 15.8. The van der Waals surface area contributed by atoms with Gasteiger partial charge in [0.05, 0.1) is 4.92 Å². The number of nitro benzene ring substituents is 1. The van der Waals surface area contributed by atoms with E-state index in [9.17, 15) is 10.1 Å². The van der Waals surface area contributed by atoms with E-state index in [4.69, 9.17) is 16.3 Å². The van der Waals surface area contributed by atoms with Gasteiger partial charge in [-0.15, -0.1) is 0 Å². The standard InChI is InChI=1S/C22H14ClN3O3/c23-22-24-19(15-7-3-1-4-8-15)21(20(25-22)16-9-5-2-6-10-16)29-18-13-11-17(12-14-18)26(27)28/h1-14H. The second-order valence-corrected chi connectivity index (χ2v) is 6.44. The van der Waals surface area contributed by atoms with Gasteiger partial charge in [0, 0.05) is 23.3 Å². The molecule has 0 amide bonds. The van der Waals surface area contributed by atoms with Crippen LogP contribution in [0.1, 0.15) is 0 Å². The fourth-order valence-electron chi connectivity index (χ4n) is 2.86. The lowest BCUT2D eigenvalue weighted by atomic mass is 10.1. The molecule has 4 rings (SSSR count). The molecule has 7 heteroatoms. The number of nitrogens with zero attached hydrogens (tertiary/aromatic N) is 3. The van der Waals surface area contributed by atoms with Gasteiger partial charge in [-0.05, 0) is 23.7 Å². The molecule has 0 saturated heterocycles. The summed E-state index contributed by atoms with van der Waals surface area (Å²) in [6, 6.07) is 24.8. The maximum Gasteiger partial charge on any atom is 0.269 e. The van der Waals surface area contributed by atoms with Crippen molar-refractivity contribution in [1.82, 2.24) is 9.97 Å². The van der Waals surface area contributed by atoms with Gasteiger partial charge in [0.25, 0.3) is 5.69 Å². The molecule has 0 N–H and O–H groups in total. The minimum atomic E-state index is -0.458. The number of nitro groups is 1. The third-order valence-corrected chi connectivity index (χ3v) is 4.37. The molecule has 0 fully saturated rings. The van der Waals surface area contributed by atoms with Crippen molar-refractivity contribution in [3.8, 4) is 34.0 Å². The van der Waals surface area contributed by atoms with Crippen LogP contribution in [0.3, 0.4) is 0 Å². The summed E-state index contributed by atoms with van der Waals surface area (Å²) < 4.78 is 6.13. The van der Waals surface area contributed by atoms with E-state index < -0.39 is 4.92 Å². The first-order chi connectivity index (χ1) is 14.1. The smallest absolute Gasteiger partial charge is 0.269 e. The summed E-state index contributed by atoms with van der Waals surface area (Å²) in [5.41, 5.74) is 2.67. The number of ether oxygens (including phenoxy) is 1. The van der Waals surface area contributed by atoms with E-state index >= 15 is 0 Å². The van der Waals surface area contributed by atoms with Gasteiger partial charge in [0.1, 0.15) is 17.1 Å². The Labute approximate surface area is 171 Å². The van der Waals surface area contributed by atoms with Crippen molar-refractivity contribution in [3.63, 3.8) is 0 Å². The summed E-state index contributed by atoms with van der Waals surface area (Å²) in [5.74, 6) is 0.844. The zero-order chi connectivity index (χ0) is 20.2. The molecule has 0 radical (unpaired) electrons. The normalized spacial score (nSPS) is 10.5. The van der Waals surface area contributed by atoms with Crippen molar-refractivity contribution in [3.05, 3.63) is 100 Å². The van der Waals surface area contributed by atoms with Crippen molar-refractivity contribution in [1.29, 1.82) is 0 Å². The Balaban J connectivity index is 1.88. The first kappa shape index (κ1) is 18.6. The predicted octanol–water partition coefficient (Wildman–Crippen LogP) is 6.16. The molecular weight excluding hydrogens is 390 g/mol. The van der Waals surface area contributed by atoms with Gasteiger partial charge in [-0.3, -0.25) is 10.1 Å². The van der Waals surface area contributed by atoms with Gasteiger partial charge in [0.15, 0.2) is 5.75 Å². The van der Waals surface area contributed by atoms with E-state index in [-0.39, 0.29) is 11.0 Å². The van der Waals surface area contributed by atoms with E-state index in [0.717, 1.165) is 11.1 Å². The lowest BCUT2D eigenvalue weighted by Gasteiger charge is -2.15. The molecule has 0 atom stereocenters. The first-order valence-electron chi connectivity index (χ1n) is 8.72. The van der Waals surface area contributed by atoms with Crippen LogP contribution >= 0.6 is 11.6 Å². The number of benzene rings is 3. The maximum absolute atomic E-state index is 10.9. The topological polar surface area (TPSA) is 78.2 Å². The summed E-state index contributed by atoms with van der Waals surface area (Å²) >= 11 is 6.23. The Morgan fingerprint density at radius 1 is 0.759 bits per heavy atom. The third kappa shape index (κ3) is 4.07. The summed E-state index contributed by atoms with van der Waals surface area (Å²) in [6.07, 6.45) is 0. The zero-order valence-electron chi connectivity index (χ0n) is 15.0. The lowest BCUT2D eigenvalue weighted by Crippen LogP contribution is -1.99. The molecule has 1 heterocycles. The average molecular weight is 404 g/mol. The number of aromatic nitrogens is 2. The van der Waals surface area contributed by atoms with Crippen LogP contribution in [0, 0.1) is 10.1 Å². The second kappa shape index (κ2) is 8.08. The van der Waals surface area contributed by atoms with Crippen molar-refractivity contribution in [2.75, 3.05) is 0 Å². The summed E-state index contributed by atoms with van der Waals surface area (Å²) in [6.45, 7) is 0. The highest BCUT2D eigenvalue weighted by molar-refractivity contribution is 6.28. The molecule has 0 aliphatic rings. The summed E-state index contributed by atoms with van der Waals surface area (Å²) in [4.78, 5) is 19.2. The minimum absolute atomic E-state index is 0.0173. The Hall–Kier alpha value is -3.77. The Kier molecular flexibility index (Phi) is 5.18. The Morgan fingerprint density at radius 3 is 1.69 bits per heavy atom. The molecule has 0 aliphatic heterocycles. The molecule has 0 saturated carbocycles. The van der Waals surface area contributed by atoms with Crippen LogP contribution in [-0.2, 0) is 0 Å². The molecule has 0 bridgehead atoms. The third-order valence-electron chi connectivity index (χ3n) is 4.20. The molecule has 0 spiro atoms. The molecule has 1 aromatic heterocycles. The van der Waals surface area contributed by atoms with Crippen molar-refractivity contribution < 1.29 is 9.66 Å². The average Bonchev–Trinajstić information content (AvgIpc) is 2.76. The van der Waals surface area contributed by atoms with Crippen LogP contribution in [-0.4, -0.2) is 14.9 Å². The van der Waals surface area contributed by atoms with Crippen LogP contribution in [0.4, 0.5) is 5.69 Å². The van der Waals surface area contributed by atoms with Gasteiger partial charge in [-0.25, -0.2) is 9.97 Å². The molecule has 0 unspecified atom stereocenters. The summed E-state index contributed by atoms with van der Waals surface area (Å²) in [5, 5.41) is 11.0. The maximum atomic E-state index is 10.9. The highest BCUT2D eigenvalue weighted by Gasteiger charge is 2.19. The number of non-ortho nitro benzene ring substituents is 1. The van der Waals surface area contributed by atoms with Gasteiger partial charge < -0.3 is 4.74 Å². The van der Waals surface area contributed by atoms with Crippen LogP contribution in [0.25, 0.3) is 22.5 Å². The van der Waals surface area contributed by atoms with Gasteiger partial charge in [-0.2, -0.15) is 0 Å². The highest BCUT2D eigenvalue weighted by atomic mass is 35.5. The molecule has 3 aromatic carbocycles. The molecule has 142 valence electrons. The van der Waals surface area contributed by atoms with E-state index in [1.165, 1.54) is 24.3 Å². The van der Waals surface area contributed by atoms with Crippen molar-refractivity contribution >= 4 is 17.3 Å². The lowest BCUT2D eigenvalue weighted by molar-refractivity contribution is -0.384. The van der Waals surface area contributed by atoms with Crippen LogP contribution in [0.15, 0.2) is 84.9 Å². The van der Waals surface area contributed by atoms with Crippen LogP contribution in [0.2, 0.25) is 5.28 Å². The predicted molar refractivity (Wildman–Crippen MR) is 111 cm³/mol. The van der Waals surface area contributed by atoms with E-state index in [1.54, 1.807) is 0 Å². The fourth-order valence-corrected chi connectivity index (χ4v) is 3.03. The van der Waals surface area contributed by atoms with E-state index in [2.05, 4.69) is 9.97 Å². The van der Waals surface area contributed by atoms with Gasteiger partial charge >= 0.3 is 0 Å². The van der Waals surface area contributed by atoms with E-state index in [0.29, 0.717) is 22.9 Å². The summed E-state index contributed by atoms with van der Waals surface area (Å²) in [7, 11) is 0. The van der Waals surface area contributed by atoms with Crippen molar-refractivity contribution in [2.24, 2.45) is 0 Å². The van der Waals surface area contributed by atoms with Crippen molar-refractivity contribution in [2.45, 2.75) is 0 Å². The number of halogens is 1. The van der Waals surface area contributed by atoms with Gasteiger partial charge in [0.2, 0.25) is 5.28 Å². The number of hydrogen-bond donors (Lipinski definition) is 0. The van der Waals surface area contributed by atoms with E-state index in [1.807, 2.05) is 60.7 Å². The number of rotatable bonds is 5. The molecule has 29 heavy (non-hydrogen) atoms. The second-order valence-electron chi connectivity index (χ2n) is 6.10. The minimum Gasteiger partial charge on any atom is -0.453 e. The molecule has 0 aliphatic carbocycles. The Morgan fingerprint density at radius 2 is 1.24 bits per heavy atom. The molecule has 6 nitrogen and oxygen atoms in total. The monoisotopic (exact) mass is 403 g/mol. The fraction of sp³-hybridized carbons (Fsp3) is 0. The first-order valence-corrected chi connectivity index (χ1v) is 9.10. The van der Waals surface area contributed by atoms with Gasteiger partial charge in [-0.1, -0.05) is 60.7 Å². The molecular formula is C22H14ClN3O3. The van der Waals surface area contributed by atoms with Crippen LogP contribution in [0.5, 0.6) is 11.5 Å². The molecule has 4 aromatic rings. The number of hydrogen-bond acceptors (Lipinski definition) is 5. The highest BCUT2D eigenvalue weighted by Crippen LogP contribution is 2.40. The van der Waals surface area contributed by atoms with Crippen LogP contribution < -0.4 is 4.74 Å². The quantitative estimate of drug-likeness (QED) is 0.226. The SMILES string of the molecule is O=[N+]([O-])c1ccc(Oc2c(-c3ccccc3)nc(Cl)nc2-c2ccccc2)cc1. The largest absolute Gasteiger partial charge is 0.453 e.